The summed E-state index contributed by atoms with van der Waals surface area (Å²) >= 11 is 0. The van der Waals surface area contributed by atoms with Crippen molar-refractivity contribution in [2.24, 2.45) is 0 Å². The van der Waals surface area contributed by atoms with Crippen molar-refractivity contribution in [1.29, 1.82) is 5.26 Å². The van der Waals surface area contributed by atoms with Crippen molar-refractivity contribution in [3.05, 3.63) is 18.2 Å². The number of quaternary nitrogens is 1. The van der Waals surface area contributed by atoms with Crippen molar-refractivity contribution in [3.8, 4) is 17.6 Å². The van der Waals surface area contributed by atoms with Crippen LogP contribution in [0.15, 0.2) is 23.1 Å². The van der Waals surface area contributed by atoms with E-state index in [1.54, 1.807) is 12.1 Å². The number of hydrogen-bond acceptors (Lipinski definition) is 5. The van der Waals surface area contributed by atoms with Gasteiger partial charge in [0.25, 0.3) is 0 Å². The number of nitrogens with one attached hydrogen (secondary N) is 1. The van der Waals surface area contributed by atoms with E-state index in [4.69, 9.17) is 14.7 Å². The van der Waals surface area contributed by atoms with Gasteiger partial charge in [-0.2, -0.15) is 9.57 Å². The molecule has 0 radical (unpaired) electrons. The lowest BCUT2D eigenvalue weighted by Crippen LogP contribution is -3.14. The first-order valence-corrected chi connectivity index (χ1v) is 9.39. The molecule has 132 valence electrons. The minimum absolute atomic E-state index is 0.216. The van der Waals surface area contributed by atoms with Crippen molar-refractivity contribution >= 4 is 10.0 Å². The van der Waals surface area contributed by atoms with Gasteiger partial charge >= 0.3 is 0 Å². The minimum atomic E-state index is -3.54. The Bertz CT molecular complexity index is 692. The minimum Gasteiger partial charge on any atom is -0.493 e. The first kappa shape index (κ1) is 18.5. The highest BCUT2D eigenvalue weighted by molar-refractivity contribution is 7.89. The maximum absolute atomic E-state index is 12.8. The molecule has 0 aromatic heterocycles. The van der Waals surface area contributed by atoms with E-state index in [2.05, 4.69) is 6.07 Å². The third kappa shape index (κ3) is 4.17. The number of rotatable bonds is 7. The van der Waals surface area contributed by atoms with Gasteiger partial charge in [-0.1, -0.05) is 0 Å². The normalized spacial score (nSPS) is 16.5. The zero-order valence-electron chi connectivity index (χ0n) is 14.1. The molecule has 0 bridgehead atoms. The zero-order chi connectivity index (χ0) is 17.6. The Balaban J connectivity index is 2.05. The summed E-state index contributed by atoms with van der Waals surface area (Å²) in [4.78, 5) is 1.57. The van der Waals surface area contributed by atoms with Crippen molar-refractivity contribution in [2.45, 2.75) is 17.7 Å². The Kier molecular flexibility index (Phi) is 6.43. The Morgan fingerprint density at radius 3 is 2.46 bits per heavy atom. The van der Waals surface area contributed by atoms with Gasteiger partial charge < -0.3 is 14.4 Å². The highest BCUT2D eigenvalue weighted by Gasteiger charge is 2.30. The third-order valence-electron chi connectivity index (χ3n) is 4.24. The number of ether oxygens (including phenoxy) is 2. The fourth-order valence-corrected chi connectivity index (χ4v) is 4.29. The maximum Gasteiger partial charge on any atom is 0.243 e. The van der Waals surface area contributed by atoms with Crippen LogP contribution in [-0.4, -0.2) is 59.7 Å². The van der Waals surface area contributed by atoms with Crippen LogP contribution in [0.3, 0.4) is 0 Å². The van der Waals surface area contributed by atoms with Crippen molar-refractivity contribution < 1.29 is 22.8 Å². The zero-order valence-corrected chi connectivity index (χ0v) is 14.9. The van der Waals surface area contributed by atoms with Crippen LogP contribution in [0.5, 0.6) is 11.5 Å². The third-order valence-corrected chi connectivity index (χ3v) is 6.14. The molecular formula is C16H24N3O4S+. The molecule has 7 nitrogen and oxygen atoms in total. The van der Waals surface area contributed by atoms with Crippen LogP contribution in [-0.2, 0) is 10.0 Å². The fraction of sp³-hybridized carbons (Fsp3) is 0.562. The molecule has 1 heterocycles. The molecule has 0 spiro atoms. The van der Waals surface area contributed by atoms with Crippen LogP contribution in [0.1, 0.15) is 12.8 Å². The van der Waals surface area contributed by atoms with Crippen LogP contribution in [0.25, 0.3) is 0 Å². The van der Waals surface area contributed by atoms with E-state index in [9.17, 15) is 8.42 Å². The van der Waals surface area contributed by atoms with Crippen molar-refractivity contribution in [1.82, 2.24) is 4.31 Å². The van der Waals surface area contributed by atoms with E-state index in [1.807, 2.05) is 0 Å². The second kappa shape index (κ2) is 8.33. The highest BCUT2D eigenvalue weighted by Crippen LogP contribution is 2.30. The van der Waals surface area contributed by atoms with Gasteiger partial charge in [-0.15, -0.1) is 0 Å². The number of nitrogens with zero attached hydrogens (tertiary/aromatic N) is 2. The Labute approximate surface area is 143 Å². The van der Waals surface area contributed by atoms with Gasteiger partial charge in [0.05, 0.1) is 57.9 Å². The maximum atomic E-state index is 12.8. The molecule has 1 aromatic rings. The summed E-state index contributed by atoms with van der Waals surface area (Å²) in [6.07, 6.45) is 1.41. The monoisotopic (exact) mass is 354 g/mol. The van der Waals surface area contributed by atoms with Crippen molar-refractivity contribution in [3.63, 3.8) is 0 Å². The largest absolute Gasteiger partial charge is 0.493 e. The summed E-state index contributed by atoms with van der Waals surface area (Å²) in [6, 6.07) is 6.79. The van der Waals surface area contributed by atoms with E-state index in [0.29, 0.717) is 31.0 Å². The number of nitriles is 1. The SMILES string of the molecule is COc1ccc(S(=O)(=O)N2CC[NH+](CCCC#N)CC2)cc1OC. The van der Waals surface area contributed by atoms with Crippen LogP contribution < -0.4 is 14.4 Å². The van der Waals surface area contributed by atoms with Crippen LogP contribution in [0.2, 0.25) is 0 Å². The van der Waals surface area contributed by atoms with E-state index >= 15 is 0 Å². The van der Waals surface area contributed by atoms with Crippen LogP contribution in [0, 0.1) is 11.3 Å². The first-order chi connectivity index (χ1) is 11.5. The molecule has 1 saturated heterocycles. The Morgan fingerprint density at radius 1 is 1.21 bits per heavy atom. The van der Waals surface area contributed by atoms with Gasteiger partial charge in [0, 0.05) is 18.9 Å². The average molecular weight is 354 g/mol. The molecule has 0 amide bonds. The average Bonchev–Trinajstić information content (AvgIpc) is 2.61. The summed E-state index contributed by atoms with van der Waals surface area (Å²) in [5, 5.41) is 8.58. The van der Waals surface area contributed by atoms with E-state index in [0.717, 1.165) is 26.1 Å². The topological polar surface area (TPSA) is 84.1 Å². The molecule has 1 aliphatic heterocycles. The fourth-order valence-electron chi connectivity index (χ4n) is 2.84. The van der Waals surface area contributed by atoms with Gasteiger partial charge in [-0.3, -0.25) is 0 Å². The molecular weight excluding hydrogens is 330 g/mol. The number of piperazine rings is 1. The molecule has 24 heavy (non-hydrogen) atoms. The number of sulfonamides is 1. The molecule has 1 fully saturated rings. The molecule has 0 saturated carbocycles. The predicted molar refractivity (Wildman–Crippen MR) is 88.7 cm³/mol. The van der Waals surface area contributed by atoms with Gasteiger partial charge in [0.2, 0.25) is 10.0 Å². The van der Waals surface area contributed by atoms with E-state index < -0.39 is 10.0 Å². The Morgan fingerprint density at radius 2 is 1.88 bits per heavy atom. The lowest BCUT2D eigenvalue weighted by molar-refractivity contribution is -0.903. The lowest BCUT2D eigenvalue weighted by Gasteiger charge is -2.31. The number of unbranched alkanes of at least 4 members (excludes halogenated alkanes) is 1. The standard InChI is InChI=1S/C16H23N3O4S/c1-22-15-6-5-14(13-16(15)23-2)24(20,21)19-11-9-18(10-12-19)8-4-3-7-17/h5-6,13H,3-4,8-12H2,1-2H3/p+1. The number of benzene rings is 1. The summed E-state index contributed by atoms with van der Waals surface area (Å²) in [7, 11) is -0.538. The van der Waals surface area contributed by atoms with Crippen LogP contribution in [0.4, 0.5) is 0 Å². The molecule has 2 rings (SSSR count). The van der Waals surface area contributed by atoms with E-state index in [1.165, 1.54) is 29.5 Å². The van der Waals surface area contributed by atoms with Gasteiger partial charge in [0.15, 0.2) is 11.5 Å². The van der Waals surface area contributed by atoms with Crippen molar-refractivity contribution in [2.75, 3.05) is 46.9 Å². The smallest absolute Gasteiger partial charge is 0.243 e. The molecule has 1 aromatic carbocycles. The summed E-state index contributed by atoms with van der Waals surface area (Å²) in [5.41, 5.74) is 0. The van der Waals surface area contributed by atoms with Crippen LogP contribution >= 0.6 is 0 Å². The second-order valence-electron chi connectivity index (χ2n) is 5.68. The molecule has 0 unspecified atom stereocenters. The predicted octanol–water partition coefficient (Wildman–Crippen LogP) is -0.103. The summed E-state index contributed by atoms with van der Waals surface area (Å²) in [5.74, 6) is 0.905. The Hall–Kier alpha value is -1.82. The molecule has 1 N–H and O–H groups in total. The number of methoxy groups -OCH3 is 2. The first-order valence-electron chi connectivity index (χ1n) is 7.95. The quantitative estimate of drug-likeness (QED) is 0.691. The van der Waals surface area contributed by atoms with Gasteiger partial charge in [-0.05, 0) is 12.1 Å². The second-order valence-corrected chi connectivity index (χ2v) is 7.62. The molecule has 8 heteroatoms. The van der Waals surface area contributed by atoms with E-state index in [-0.39, 0.29) is 4.90 Å². The van der Waals surface area contributed by atoms with Gasteiger partial charge in [0.1, 0.15) is 0 Å². The molecule has 0 atom stereocenters. The lowest BCUT2D eigenvalue weighted by atomic mass is 10.3. The van der Waals surface area contributed by atoms with Gasteiger partial charge in [-0.25, -0.2) is 8.42 Å². The molecule has 0 aliphatic carbocycles. The summed E-state index contributed by atoms with van der Waals surface area (Å²) < 4.78 is 37.5. The molecule has 1 aliphatic rings. The number of hydrogen-bond donors (Lipinski definition) is 1. The highest BCUT2D eigenvalue weighted by atomic mass is 32.2. The summed E-state index contributed by atoms with van der Waals surface area (Å²) in [6.45, 7) is 3.41.